The average Bonchev–Trinajstić information content (AvgIpc) is 3.16. The van der Waals surface area contributed by atoms with E-state index in [9.17, 15) is 9.18 Å². The van der Waals surface area contributed by atoms with Crippen molar-refractivity contribution >= 4 is 29.0 Å². The summed E-state index contributed by atoms with van der Waals surface area (Å²) < 4.78 is 13.3. The van der Waals surface area contributed by atoms with Gasteiger partial charge in [0.15, 0.2) is 0 Å². The molecule has 7 heteroatoms. The molecule has 22 heavy (non-hydrogen) atoms. The number of aromatic nitrogens is 2. The van der Waals surface area contributed by atoms with Crippen LogP contribution in [0.3, 0.4) is 0 Å². The molecule has 0 bridgehead atoms. The number of hydrogen-bond donors (Lipinski definition) is 3. The van der Waals surface area contributed by atoms with Crippen LogP contribution in [0.5, 0.6) is 0 Å². The normalized spacial score (nSPS) is 19.6. The maximum atomic E-state index is 13.3. The van der Waals surface area contributed by atoms with E-state index in [0.29, 0.717) is 34.2 Å². The predicted octanol–water partition coefficient (Wildman–Crippen LogP) is 1.53. The largest absolute Gasteiger partial charge is 0.355 e. The quantitative estimate of drug-likeness (QED) is 0.752. The van der Waals surface area contributed by atoms with Gasteiger partial charge in [-0.2, -0.15) is 0 Å². The molecule has 2 aromatic rings. The molecular formula is C15H14FN5O. The Labute approximate surface area is 125 Å². The second-order valence-corrected chi connectivity index (χ2v) is 5.56. The van der Waals surface area contributed by atoms with Gasteiger partial charge in [-0.1, -0.05) is 0 Å². The van der Waals surface area contributed by atoms with Gasteiger partial charge in [-0.25, -0.2) is 14.4 Å². The minimum absolute atomic E-state index is 0.267. The van der Waals surface area contributed by atoms with Crippen molar-refractivity contribution in [2.75, 3.05) is 6.54 Å². The first-order valence-electron chi connectivity index (χ1n) is 7.17. The van der Waals surface area contributed by atoms with Gasteiger partial charge in [0.1, 0.15) is 17.2 Å². The summed E-state index contributed by atoms with van der Waals surface area (Å²) in [5.41, 5.74) is 1.55. The number of amides is 1. The van der Waals surface area contributed by atoms with E-state index in [1.807, 2.05) is 0 Å². The Hall–Kier alpha value is -2.70. The summed E-state index contributed by atoms with van der Waals surface area (Å²) in [7, 11) is 0. The number of H-pyrrole nitrogens is 1. The van der Waals surface area contributed by atoms with Gasteiger partial charge in [-0.15, -0.1) is 0 Å². The predicted molar refractivity (Wildman–Crippen MR) is 80.3 cm³/mol. The Kier molecular flexibility index (Phi) is 2.92. The van der Waals surface area contributed by atoms with Crippen molar-refractivity contribution in [3.63, 3.8) is 0 Å². The lowest BCUT2D eigenvalue weighted by Crippen LogP contribution is -2.37. The molecule has 1 aliphatic carbocycles. The Bertz CT molecular complexity index is 818. The molecule has 2 aromatic heterocycles. The van der Waals surface area contributed by atoms with Gasteiger partial charge in [0.05, 0.1) is 6.20 Å². The first-order valence-corrected chi connectivity index (χ1v) is 7.17. The van der Waals surface area contributed by atoms with Gasteiger partial charge in [-0.05, 0) is 30.9 Å². The van der Waals surface area contributed by atoms with Gasteiger partial charge in [0.25, 0.3) is 5.91 Å². The number of aliphatic imine (C=N–C) groups is 1. The van der Waals surface area contributed by atoms with Crippen LogP contribution in [0, 0.1) is 11.7 Å². The first-order chi connectivity index (χ1) is 10.7. The Balaban J connectivity index is 1.62. The second-order valence-electron chi connectivity index (χ2n) is 5.56. The zero-order valence-corrected chi connectivity index (χ0v) is 11.7. The monoisotopic (exact) mass is 299 g/mol. The average molecular weight is 299 g/mol. The number of hydrogen-bond acceptors (Lipinski definition) is 4. The zero-order valence-electron chi connectivity index (χ0n) is 11.7. The fourth-order valence-corrected chi connectivity index (χ4v) is 2.38. The van der Waals surface area contributed by atoms with E-state index >= 15 is 0 Å². The lowest BCUT2D eigenvalue weighted by Gasteiger charge is -2.02. The summed E-state index contributed by atoms with van der Waals surface area (Å²) in [5, 5.41) is 6.44. The Morgan fingerprint density at radius 1 is 1.45 bits per heavy atom. The van der Waals surface area contributed by atoms with E-state index in [0.717, 1.165) is 12.7 Å². The van der Waals surface area contributed by atoms with Gasteiger partial charge in [0.2, 0.25) is 5.96 Å². The van der Waals surface area contributed by atoms with Crippen LogP contribution < -0.4 is 10.6 Å². The van der Waals surface area contributed by atoms with E-state index in [-0.39, 0.29) is 5.91 Å². The lowest BCUT2D eigenvalue weighted by atomic mass is 10.2. The highest BCUT2D eigenvalue weighted by atomic mass is 19.1. The van der Waals surface area contributed by atoms with Crippen molar-refractivity contribution in [3.8, 4) is 0 Å². The first kappa shape index (κ1) is 13.0. The summed E-state index contributed by atoms with van der Waals surface area (Å²) in [6, 6.07) is 1.38. The van der Waals surface area contributed by atoms with Crippen molar-refractivity contribution in [1.29, 1.82) is 0 Å². The number of nitrogens with zero attached hydrogens (tertiary/aromatic N) is 2. The number of aromatic amines is 1. The fraction of sp³-hybridized carbons (Fsp3) is 0.267. The standard InChI is InChI=1S/C15H14FN5O/c16-10-4-11-9(6-17-13(11)18-7-10)3-12-14(22)21-15(20-12)19-5-8-1-2-8/h3-4,6-8H,1-2,5H2,(H,17,18)(H2,19,20,21,22). The van der Waals surface area contributed by atoms with Crippen molar-refractivity contribution in [3.05, 3.63) is 35.5 Å². The SMILES string of the molecule is O=C1NC(NCC2CC2)=NC1=Cc1c[nH]c2ncc(F)cc12. The maximum absolute atomic E-state index is 13.3. The molecule has 0 atom stereocenters. The van der Waals surface area contributed by atoms with Gasteiger partial charge in [0, 0.05) is 23.7 Å². The van der Waals surface area contributed by atoms with E-state index < -0.39 is 5.82 Å². The highest BCUT2D eigenvalue weighted by Crippen LogP contribution is 2.27. The van der Waals surface area contributed by atoms with Crippen molar-refractivity contribution < 1.29 is 9.18 Å². The molecule has 112 valence electrons. The molecule has 0 aromatic carbocycles. The van der Waals surface area contributed by atoms with Crippen molar-refractivity contribution in [2.45, 2.75) is 12.8 Å². The zero-order chi connectivity index (χ0) is 15.1. The Morgan fingerprint density at radius 3 is 3.14 bits per heavy atom. The third-order valence-corrected chi connectivity index (χ3v) is 3.77. The van der Waals surface area contributed by atoms with Crippen LogP contribution in [0.1, 0.15) is 18.4 Å². The molecule has 1 saturated carbocycles. The molecule has 0 unspecified atom stereocenters. The Morgan fingerprint density at radius 2 is 2.32 bits per heavy atom. The highest BCUT2D eigenvalue weighted by Gasteiger charge is 2.24. The molecule has 3 heterocycles. The van der Waals surface area contributed by atoms with Gasteiger partial charge >= 0.3 is 0 Å². The molecule has 1 amide bonds. The number of fused-ring (bicyclic) bond motifs is 1. The number of rotatable bonds is 3. The molecule has 0 radical (unpaired) electrons. The van der Waals surface area contributed by atoms with Gasteiger partial charge in [-0.3, -0.25) is 10.1 Å². The highest BCUT2D eigenvalue weighted by molar-refractivity contribution is 6.14. The van der Waals surface area contributed by atoms with Crippen LogP contribution in [0.25, 0.3) is 17.1 Å². The number of nitrogens with one attached hydrogen (secondary N) is 3. The molecular weight excluding hydrogens is 285 g/mol. The fourth-order valence-electron chi connectivity index (χ4n) is 2.38. The molecule has 1 aliphatic heterocycles. The summed E-state index contributed by atoms with van der Waals surface area (Å²) in [5.74, 6) is 0.484. The molecule has 1 fully saturated rings. The number of pyridine rings is 1. The summed E-state index contributed by atoms with van der Waals surface area (Å²) in [6.07, 6.45) is 6.91. The van der Waals surface area contributed by atoms with E-state index in [1.54, 1.807) is 12.3 Å². The number of guanidine groups is 1. The third-order valence-electron chi connectivity index (χ3n) is 3.77. The van der Waals surface area contributed by atoms with E-state index in [4.69, 9.17) is 0 Å². The minimum Gasteiger partial charge on any atom is -0.355 e. The second kappa shape index (κ2) is 4.94. The lowest BCUT2D eigenvalue weighted by molar-refractivity contribution is -0.115. The number of carbonyl (C=O) groups excluding carboxylic acids is 1. The van der Waals surface area contributed by atoms with E-state index in [2.05, 4.69) is 25.6 Å². The summed E-state index contributed by atoms with van der Waals surface area (Å²) >= 11 is 0. The molecule has 3 N–H and O–H groups in total. The van der Waals surface area contributed by atoms with E-state index in [1.165, 1.54) is 18.9 Å². The molecule has 4 rings (SSSR count). The van der Waals surface area contributed by atoms with Crippen LogP contribution in [0.2, 0.25) is 0 Å². The smallest absolute Gasteiger partial charge is 0.276 e. The topological polar surface area (TPSA) is 82.2 Å². The minimum atomic E-state index is -0.419. The third kappa shape index (κ3) is 2.45. The van der Waals surface area contributed by atoms with Crippen LogP contribution in [-0.4, -0.2) is 28.4 Å². The molecule has 0 saturated heterocycles. The van der Waals surface area contributed by atoms with Crippen LogP contribution in [-0.2, 0) is 4.79 Å². The van der Waals surface area contributed by atoms with Crippen molar-refractivity contribution in [1.82, 2.24) is 20.6 Å². The summed E-state index contributed by atoms with van der Waals surface area (Å²) in [4.78, 5) is 23.1. The maximum Gasteiger partial charge on any atom is 0.276 e. The molecule has 0 spiro atoms. The van der Waals surface area contributed by atoms with Gasteiger partial charge < -0.3 is 10.3 Å². The molecule has 2 aliphatic rings. The van der Waals surface area contributed by atoms with Crippen LogP contribution in [0.15, 0.2) is 29.1 Å². The van der Waals surface area contributed by atoms with Crippen LogP contribution in [0.4, 0.5) is 4.39 Å². The molecule has 6 nitrogen and oxygen atoms in total. The summed E-state index contributed by atoms with van der Waals surface area (Å²) in [6.45, 7) is 0.828. The number of carbonyl (C=O) groups is 1. The van der Waals surface area contributed by atoms with Crippen molar-refractivity contribution in [2.24, 2.45) is 10.9 Å². The van der Waals surface area contributed by atoms with Crippen LogP contribution >= 0.6 is 0 Å². The number of halogens is 1.